The Bertz CT molecular complexity index is 1130. The molecule has 3 amide bonds. The van der Waals surface area contributed by atoms with Crippen molar-refractivity contribution in [3.05, 3.63) is 40.2 Å². The van der Waals surface area contributed by atoms with Crippen molar-refractivity contribution < 1.29 is 18.8 Å². The van der Waals surface area contributed by atoms with Gasteiger partial charge in [-0.3, -0.25) is 14.4 Å². The summed E-state index contributed by atoms with van der Waals surface area (Å²) in [6.45, 7) is 6.00. The van der Waals surface area contributed by atoms with E-state index in [0.717, 1.165) is 23.8 Å². The van der Waals surface area contributed by atoms with Gasteiger partial charge in [-0.1, -0.05) is 71.1 Å². The summed E-state index contributed by atoms with van der Waals surface area (Å²) in [7, 11) is 0. The van der Waals surface area contributed by atoms with E-state index >= 15 is 0 Å². The molecule has 1 atom stereocenters. The summed E-state index contributed by atoms with van der Waals surface area (Å²) in [6.07, 6.45) is 16.2. The summed E-state index contributed by atoms with van der Waals surface area (Å²) in [5.74, 6) is -0.559. The van der Waals surface area contributed by atoms with E-state index in [-0.39, 0.29) is 17.7 Å². The molecule has 2 rings (SSSR count). The molecule has 0 aliphatic carbocycles. The van der Waals surface area contributed by atoms with E-state index in [1.54, 1.807) is 18.2 Å². The highest BCUT2D eigenvalue weighted by molar-refractivity contribution is 5.98. The van der Waals surface area contributed by atoms with Gasteiger partial charge in [0.1, 0.15) is 11.6 Å². The molecule has 1 heterocycles. The van der Waals surface area contributed by atoms with Crippen LogP contribution < -0.4 is 21.6 Å². The Kier molecular flexibility index (Phi) is 15.7. The fraction of sp³-hybridized carbons (Fsp3) is 0.625. The number of hydrogen-bond acceptors (Lipinski definition) is 5. The Hall–Kier alpha value is -3.16. The summed E-state index contributed by atoms with van der Waals surface area (Å²) in [4.78, 5) is 48.4. The largest absolute Gasteiger partial charge is 0.423 e. The maximum Gasteiger partial charge on any atom is 0.336 e. The van der Waals surface area contributed by atoms with Gasteiger partial charge in [0, 0.05) is 43.1 Å². The fourth-order valence-corrected chi connectivity index (χ4v) is 4.89. The highest BCUT2D eigenvalue weighted by Gasteiger charge is 2.19. The predicted octanol–water partition coefficient (Wildman–Crippen LogP) is 6.53. The molecule has 0 saturated heterocycles. The average molecular weight is 556 g/mol. The Labute approximate surface area is 239 Å². The van der Waals surface area contributed by atoms with E-state index in [9.17, 15) is 19.2 Å². The first-order chi connectivity index (χ1) is 19.3. The Morgan fingerprint density at radius 1 is 0.850 bits per heavy atom. The zero-order valence-corrected chi connectivity index (χ0v) is 24.7. The number of benzene rings is 1. The number of carbonyl (C=O) groups excluding carboxylic acids is 3. The van der Waals surface area contributed by atoms with Gasteiger partial charge in [-0.05, 0) is 50.3 Å². The second kappa shape index (κ2) is 19.0. The third-order valence-corrected chi connectivity index (χ3v) is 7.16. The number of carbonyl (C=O) groups is 3. The highest BCUT2D eigenvalue weighted by Crippen LogP contribution is 2.21. The van der Waals surface area contributed by atoms with Crippen LogP contribution in [0.25, 0.3) is 11.0 Å². The van der Waals surface area contributed by atoms with Crippen LogP contribution in [-0.2, 0) is 14.4 Å². The topological polar surface area (TPSA) is 118 Å². The van der Waals surface area contributed by atoms with Crippen LogP contribution in [-0.4, -0.2) is 30.3 Å². The van der Waals surface area contributed by atoms with Gasteiger partial charge < -0.3 is 20.4 Å². The van der Waals surface area contributed by atoms with Crippen LogP contribution >= 0.6 is 0 Å². The standard InChI is InChI=1S/C32H49N3O5/c1-4-5-6-7-8-9-10-11-12-13-14-18-30(37)33-21-16-15-17-28(34-25(3)36)32(39)35-26-19-20-27-24(2)22-31(38)40-29(27)23-26/h19-20,22-23,28H,4-18,21H2,1-3H3,(H,33,37)(H,34,36)(H,35,39)/t28-/m0/s1. The van der Waals surface area contributed by atoms with Crippen LogP contribution in [0, 0.1) is 6.92 Å². The van der Waals surface area contributed by atoms with Crippen molar-refractivity contribution in [1.29, 1.82) is 0 Å². The van der Waals surface area contributed by atoms with Crippen molar-refractivity contribution in [1.82, 2.24) is 10.6 Å². The molecule has 222 valence electrons. The van der Waals surface area contributed by atoms with E-state index in [0.29, 0.717) is 43.5 Å². The third kappa shape index (κ3) is 13.3. The van der Waals surface area contributed by atoms with Gasteiger partial charge in [-0.25, -0.2) is 4.79 Å². The zero-order valence-electron chi connectivity index (χ0n) is 24.7. The van der Waals surface area contributed by atoms with Crippen LogP contribution in [0.1, 0.15) is 116 Å². The van der Waals surface area contributed by atoms with Gasteiger partial charge in [0.05, 0.1) is 0 Å². The molecular formula is C32H49N3O5. The average Bonchev–Trinajstić information content (AvgIpc) is 2.90. The molecule has 0 unspecified atom stereocenters. The molecule has 8 heteroatoms. The number of amides is 3. The summed E-state index contributed by atoms with van der Waals surface area (Å²) in [6, 6.07) is 5.86. The molecule has 0 fully saturated rings. The number of fused-ring (bicyclic) bond motifs is 1. The van der Waals surface area contributed by atoms with Crippen molar-refractivity contribution in [2.75, 3.05) is 11.9 Å². The van der Waals surface area contributed by atoms with Gasteiger partial charge in [0.2, 0.25) is 17.7 Å². The Morgan fingerprint density at radius 2 is 1.50 bits per heavy atom. The highest BCUT2D eigenvalue weighted by atomic mass is 16.4. The van der Waals surface area contributed by atoms with Crippen molar-refractivity contribution >= 4 is 34.4 Å². The van der Waals surface area contributed by atoms with E-state index in [2.05, 4.69) is 22.9 Å². The third-order valence-electron chi connectivity index (χ3n) is 7.16. The zero-order chi connectivity index (χ0) is 29.2. The molecule has 1 aromatic heterocycles. The molecule has 40 heavy (non-hydrogen) atoms. The van der Waals surface area contributed by atoms with Crippen LogP contribution in [0.2, 0.25) is 0 Å². The number of nitrogens with one attached hydrogen (secondary N) is 3. The number of rotatable bonds is 20. The lowest BCUT2D eigenvalue weighted by molar-refractivity contribution is -0.125. The Morgan fingerprint density at radius 3 is 2.15 bits per heavy atom. The number of unbranched alkanes of at least 4 members (excludes halogenated alkanes) is 11. The number of aryl methyl sites for hydroxylation is 1. The van der Waals surface area contributed by atoms with E-state index in [4.69, 9.17) is 4.42 Å². The van der Waals surface area contributed by atoms with Crippen LogP contribution in [0.15, 0.2) is 33.5 Å². The lowest BCUT2D eigenvalue weighted by Gasteiger charge is -2.18. The van der Waals surface area contributed by atoms with Crippen LogP contribution in [0.4, 0.5) is 5.69 Å². The quantitative estimate of drug-likeness (QED) is 0.127. The first-order valence-electron chi connectivity index (χ1n) is 15.2. The fourth-order valence-electron chi connectivity index (χ4n) is 4.89. The van der Waals surface area contributed by atoms with Crippen molar-refractivity contribution in [2.24, 2.45) is 0 Å². The molecule has 1 aromatic carbocycles. The van der Waals surface area contributed by atoms with Gasteiger partial charge in [0.25, 0.3) is 0 Å². The summed E-state index contributed by atoms with van der Waals surface area (Å²) in [5.41, 5.74) is 1.22. The number of hydrogen-bond donors (Lipinski definition) is 3. The van der Waals surface area contributed by atoms with Crippen molar-refractivity contribution in [3.63, 3.8) is 0 Å². The minimum atomic E-state index is -0.704. The summed E-state index contributed by atoms with van der Waals surface area (Å²) >= 11 is 0. The second-order valence-electron chi connectivity index (χ2n) is 10.8. The summed E-state index contributed by atoms with van der Waals surface area (Å²) in [5, 5.41) is 9.27. The molecular weight excluding hydrogens is 506 g/mol. The monoisotopic (exact) mass is 555 g/mol. The van der Waals surface area contributed by atoms with Crippen molar-refractivity contribution in [3.8, 4) is 0 Å². The first kappa shape index (κ1) is 33.0. The lowest BCUT2D eigenvalue weighted by Crippen LogP contribution is -2.43. The summed E-state index contributed by atoms with van der Waals surface area (Å²) < 4.78 is 5.25. The van der Waals surface area contributed by atoms with Crippen molar-refractivity contribution in [2.45, 2.75) is 123 Å². The lowest BCUT2D eigenvalue weighted by atomic mass is 10.1. The molecule has 0 spiro atoms. The number of anilines is 1. The molecule has 2 aromatic rings. The van der Waals surface area contributed by atoms with Crippen LogP contribution in [0.5, 0.6) is 0 Å². The van der Waals surface area contributed by atoms with Gasteiger partial charge in [-0.15, -0.1) is 0 Å². The van der Waals surface area contributed by atoms with E-state index in [1.165, 1.54) is 70.8 Å². The van der Waals surface area contributed by atoms with E-state index < -0.39 is 11.7 Å². The maximum absolute atomic E-state index is 12.9. The van der Waals surface area contributed by atoms with Crippen LogP contribution in [0.3, 0.4) is 0 Å². The second-order valence-corrected chi connectivity index (χ2v) is 10.8. The smallest absolute Gasteiger partial charge is 0.336 e. The first-order valence-corrected chi connectivity index (χ1v) is 15.2. The Balaban J connectivity index is 1.62. The minimum Gasteiger partial charge on any atom is -0.423 e. The molecule has 0 saturated carbocycles. The normalized spacial score (nSPS) is 11.8. The van der Waals surface area contributed by atoms with Gasteiger partial charge >= 0.3 is 5.63 Å². The molecule has 0 aliphatic heterocycles. The van der Waals surface area contributed by atoms with Gasteiger partial charge in [0.15, 0.2) is 0 Å². The molecule has 0 radical (unpaired) electrons. The van der Waals surface area contributed by atoms with Gasteiger partial charge in [-0.2, -0.15) is 0 Å². The predicted molar refractivity (Wildman–Crippen MR) is 161 cm³/mol. The molecule has 0 bridgehead atoms. The molecule has 3 N–H and O–H groups in total. The minimum absolute atomic E-state index is 0.0743. The maximum atomic E-state index is 12.9. The molecule has 8 nitrogen and oxygen atoms in total. The molecule has 0 aliphatic rings. The van der Waals surface area contributed by atoms with E-state index in [1.807, 2.05) is 6.92 Å². The SMILES string of the molecule is CCCCCCCCCCCCCC(=O)NCCCC[C@H](NC(C)=O)C(=O)Nc1ccc2c(C)cc(=O)oc2c1.